The number of hydrogen-bond donors (Lipinski definition) is 1. The Balaban J connectivity index is 2.60. The van der Waals surface area contributed by atoms with Crippen molar-refractivity contribution in [1.29, 1.82) is 0 Å². The van der Waals surface area contributed by atoms with Gasteiger partial charge in [0.05, 0.1) is 6.61 Å². The number of alkyl halides is 1. The predicted molar refractivity (Wildman–Crippen MR) is 58.3 cm³/mol. The van der Waals surface area contributed by atoms with Gasteiger partial charge in [0.15, 0.2) is 0 Å². The fraction of sp³-hybridized carbons (Fsp3) is 0.250. The van der Waals surface area contributed by atoms with Crippen LogP contribution in [0, 0.1) is 0 Å². The lowest BCUT2D eigenvalue weighted by Gasteiger charge is -2.02. The lowest BCUT2D eigenvalue weighted by atomic mass is 10.1. The third kappa shape index (κ3) is 3.12. The molecule has 0 fully saturated rings. The molecule has 4 heteroatoms. The van der Waals surface area contributed by atoms with Crippen LogP contribution in [0.2, 0.25) is 0 Å². The van der Waals surface area contributed by atoms with Crippen LogP contribution in [0.15, 0.2) is 24.3 Å². The Kier molecular flexibility index (Phi) is 4.64. The van der Waals surface area contributed by atoms with E-state index in [1.54, 1.807) is 0 Å². The Morgan fingerprint density at radius 1 is 1.42 bits per heavy atom. The summed E-state index contributed by atoms with van der Waals surface area (Å²) in [6.45, 7) is 0.487. The molecule has 1 aromatic carbocycles. The van der Waals surface area contributed by atoms with Crippen molar-refractivity contribution >= 4 is 30.3 Å². The number of benzene rings is 1. The second-order valence-electron chi connectivity index (χ2n) is 2.43. The van der Waals surface area contributed by atoms with E-state index in [9.17, 15) is 0 Å². The molecular weight excluding hydrogens is 266 g/mol. The summed E-state index contributed by atoms with van der Waals surface area (Å²) in [7, 11) is -0.214. The van der Waals surface area contributed by atoms with E-state index in [1.165, 1.54) is 5.56 Å². The molecule has 12 heavy (non-hydrogen) atoms. The minimum Gasteiger partial charge on any atom is -0.430 e. The van der Waals surface area contributed by atoms with Gasteiger partial charge in [0.2, 0.25) is 0 Å². The molecular formula is C8H10BIO2. The van der Waals surface area contributed by atoms with Gasteiger partial charge in [0.25, 0.3) is 0 Å². The molecule has 0 atom stereocenters. The first-order chi connectivity index (χ1) is 5.86. The summed E-state index contributed by atoms with van der Waals surface area (Å²) in [6.07, 6.45) is 0. The van der Waals surface area contributed by atoms with Gasteiger partial charge < -0.3 is 9.68 Å². The summed E-state index contributed by atoms with van der Waals surface area (Å²) in [5.74, 6) is 0. The largest absolute Gasteiger partial charge is 0.435 e. The summed E-state index contributed by atoms with van der Waals surface area (Å²) in [6, 6.07) is 8.16. The minimum atomic E-state index is -0.214. The maximum absolute atomic E-state index is 8.43. The lowest BCUT2D eigenvalue weighted by Crippen LogP contribution is -1.97. The molecule has 64 valence electrons. The molecule has 0 spiro atoms. The molecule has 0 aliphatic carbocycles. The van der Waals surface area contributed by atoms with Crippen LogP contribution in [-0.2, 0) is 15.7 Å². The van der Waals surface area contributed by atoms with Crippen molar-refractivity contribution in [2.75, 3.05) is 0 Å². The van der Waals surface area contributed by atoms with Crippen LogP contribution in [-0.4, -0.2) is 12.7 Å². The monoisotopic (exact) mass is 276 g/mol. The van der Waals surface area contributed by atoms with Crippen LogP contribution < -0.4 is 0 Å². The molecule has 0 aromatic heterocycles. The second-order valence-corrected chi connectivity index (χ2v) is 3.19. The number of halogens is 1. The molecule has 2 nitrogen and oxygen atoms in total. The van der Waals surface area contributed by atoms with Crippen molar-refractivity contribution < 1.29 is 9.68 Å². The summed E-state index contributed by atoms with van der Waals surface area (Å²) in [5, 5.41) is 8.43. The molecule has 0 saturated carbocycles. The SMILES string of the molecule is OBOCc1cccc(CI)c1. The topological polar surface area (TPSA) is 29.5 Å². The fourth-order valence-corrected chi connectivity index (χ4v) is 1.44. The molecule has 0 aliphatic rings. The molecule has 1 rings (SSSR count). The zero-order valence-corrected chi connectivity index (χ0v) is 8.82. The Hall–Kier alpha value is -0.0651. The third-order valence-electron chi connectivity index (χ3n) is 1.51. The van der Waals surface area contributed by atoms with Crippen molar-refractivity contribution in [3.63, 3.8) is 0 Å². The summed E-state index contributed by atoms with van der Waals surface area (Å²) in [5.41, 5.74) is 2.40. The molecule has 1 aromatic rings. The molecule has 0 amide bonds. The van der Waals surface area contributed by atoms with E-state index >= 15 is 0 Å². The van der Waals surface area contributed by atoms with E-state index in [1.807, 2.05) is 12.1 Å². The summed E-state index contributed by atoms with van der Waals surface area (Å²) < 4.78 is 5.88. The molecule has 0 saturated heterocycles. The lowest BCUT2D eigenvalue weighted by molar-refractivity contribution is 0.273. The quantitative estimate of drug-likeness (QED) is 0.511. The van der Waals surface area contributed by atoms with Crippen molar-refractivity contribution in [2.24, 2.45) is 0 Å². The highest BCUT2D eigenvalue weighted by Crippen LogP contribution is 2.09. The zero-order chi connectivity index (χ0) is 8.81. The van der Waals surface area contributed by atoms with Gasteiger partial charge >= 0.3 is 7.69 Å². The molecule has 0 aliphatic heterocycles. The maximum atomic E-state index is 8.43. The average molecular weight is 276 g/mol. The summed E-state index contributed by atoms with van der Waals surface area (Å²) >= 11 is 2.32. The van der Waals surface area contributed by atoms with Crippen molar-refractivity contribution in [3.8, 4) is 0 Å². The van der Waals surface area contributed by atoms with Gasteiger partial charge in [-0.3, -0.25) is 0 Å². The van der Waals surface area contributed by atoms with Crippen LogP contribution in [0.1, 0.15) is 11.1 Å². The fourth-order valence-electron chi connectivity index (χ4n) is 0.966. The highest BCUT2D eigenvalue weighted by atomic mass is 127. The van der Waals surface area contributed by atoms with Gasteiger partial charge in [0.1, 0.15) is 0 Å². The van der Waals surface area contributed by atoms with Crippen molar-refractivity contribution in [2.45, 2.75) is 11.0 Å². The van der Waals surface area contributed by atoms with E-state index in [0.29, 0.717) is 6.61 Å². The molecule has 1 N–H and O–H groups in total. The predicted octanol–water partition coefficient (Wildman–Crippen LogP) is 1.40. The van der Waals surface area contributed by atoms with E-state index in [0.717, 1.165) is 9.99 Å². The van der Waals surface area contributed by atoms with E-state index in [4.69, 9.17) is 9.68 Å². The molecule has 0 radical (unpaired) electrons. The zero-order valence-electron chi connectivity index (χ0n) is 6.66. The smallest absolute Gasteiger partial charge is 0.430 e. The Morgan fingerprint density at radius 3 is 2.83 bits per heavy atom. The highest BCUT2D eigenvalue weighted by molar-refractivity contribution is 14.1. The molecule has 0 unspecified atom stereocenters. The Bertz CT molecular complexity index is 242. The maximum Gasteiger partial charge on any atom is 0.435 e. The normalized spacial score (nSPS) is 9.83. The highest BCUT2D eigenvalue weighted by Gasteiger charge is 1.94. The van der Waals surface area contributed by atoms with Gasteiger partial charge in [-0.05, 0) is 11.1 Å². The van der Waals surface area contributed by atoms with Crippen LogP contribution in [0.4, 0.5) is 0 Å². The standard InChI is InChI=1S/C8H10BIO2/c10-5-7-2-1-3-8(4-7)6-12-9-11/h1-4,9,11H,5-6H2. The van der Waals surface area contributed by atoms with Crippen LogP contribution in [0.25, 0.3) is 0 Å². The van der Waals surface area contributed by atoms with E-state index in [-0.39, 0.29) is 7.69 Å². The van der Waals surface area contributed by atoms with Crippen LogP contribution >= 0.6 is 22.6 Å². The van der Waals surface area contributed by atoms with Gasteiger partial charge in [0, 0.05) is 4.43 Å². The van der Waals surface area contributed by atoms with Gasteiger partial charge in [-0.25, -0.2) is 0 Å². The van der Waals surface area contributed by atoms with Gasteiger partial charge in [-0.2, -0.15) is 0 Å². The Morgan fingerprint density at radius 2 is 2.17 bits per heavy atom. The van der Waals surface area contributed by atoms with E-state index < -0.39 is 0 Å². The van der Waals surface area contributed by atoms with Gasteiger partial charge in [-0.15, -0.1) is 0 Å². The first kappa shape index (κ1) is 10.0. The Labute approximate surface area is 86.4 Å². The number of rotatable bonds is 4. The molecule has 0 heterocycles. The molecule has 0 bridgehead atoms. The van der Waals surface area contributed by atoms with Crippen molar-refractivity contribution in [1.82, 2.24) is 0 Å². The first-order valence-electron chi connectivity index (χ1n) is 3.69. The second kappa shape index (κ2) is 5.56. The average Bonchev–Trinajstić information content (AvgIpc) is 2.15. The van der Waals surface area contributed by atoms with Gasteiger partial charge in [-0.1, -0.05) is 46.9 Å². The summed E-state index contributed by atoms with van der Waals surface area (Å²) in [4.78, 5) is 0. The number of hydrogen-bond acceptors (Lipinski definition) is 2. The van der Waals surface area contributed by atoms with Crippen LogP contribution in [0.3, 0.4) is 0 Å². The van der Waals surface area contributed by atoms with E-state index in [2.05, 4.69) is 34.7 Å². The van der Waals surface area contributed by atoms with Crippen molar-refractivity contribution in [3.05, 3.63) is 35.4 Å². The first-order valence-corrected chi connectivity index (χ1v) is 5.21. The van der Waals surface area contributed by atoms with Crippen LogP contribution in [0.5, 0.6) is 0 Å². The minimum absolute atomic E-state index is 0.214. The third-order valence-corrected chi connectivity index (χ3v) is 2.39.